The highest BCUT2D eigenvalue weighted by molar-refractivity contribution is 4.76. The van der Waals surface area contributed by atoms with E-state index in [1.165, 1.54) is 0 Å². The molecule has 0 unspecified atom stereocenters. The van der Waals surface area contributed by atoms with E-state index in [1.807, 2.05) is 0 Å². The van der Waals surface area contributed by atoms with Gasteiger partial charge in [-0.15, -0.1) is 0 Å². The summed E-state index contributed by atoms with van der Waals surface area (Å²) >= 11 is 0. The van der Waals surface area contributed by atoms with Gasteiger partial charge in [0.05, 0.1) is 19.3 Å². The summed E-state index contributed by atoms with van der Waals surface area (Å²) in [6.45, 7) is 6.26. The fraction of sp³-hybridized carbons (Fsp3) is 1.00. The van der Waals surface area contributed by atoms with Crippen LogP contribution < -0.4 is 0 Å². The Morgan fingerprint density at radius 2 is 2.00 bits per heavy atom. The van der Waals surface area contributed by atoms with Gasteiger partial charge >= 0.3 is 0 Å². The molecule has 0 bridgehead atoms. The molecular formula is C7H15NO. The Labute approximate surface area is 56.8 Å². The van der Waals surface area contributed by atoms with Gasteiger partial charge in [0, 0.05) is 6.04 Å². The first-order chi connectivity index (χ1) is 4.22. The molecule has 1 fully saturated rings. The van der Waals surface area contributed by atoms with E-state index in [0.717, 1.165) is 13.2 Å². The molecule has 0 saturated carbocycles. The van der Waals surface area contributed by atoms with Crippen LogP contribution >= 0.6 is 0 Å². The van der Waals surface area contributed by atoms with Crippen molar-refractivity contribution in [3.05, 3.63) is 0 Å². The van der Waals surface area contributed by atoms with Gasteiger partial charge in [0.1, 0.15) is 0 Å². The summed E-state index contributed by atoms with van der Waals surface area (Å²) in [6, 6.07) is 1.34. The Hall–Kier alpha value is -0.0800. The molecule has 1 aliphatic heterocycles. The monoisotopic (exact) mass is 129 g/mol. The molecule has 1 aliphatic rings. The lowest BCUT2D eigenvalue weighted by Gasteiger charge is -2.37. The second kappa shape index (κ2) is 2.67. The summed E-state index contributed by atoms with van der Waals surface area (Å²) in [6.07, 6.45) is 0. The van der Waals surface area contributed by atoms with Gasteiger partial charge in [-0.1, -0.05) is 0 Å². The Balaban J connectivity index is 2.23. The average Bonchev–Trinajstić information content (AvgIpc) is 1.60. The maximum absolute atomic E-state index is 5.06. The van der Waals surface area contributed by atoms with Crippen molar-refractivity contribution >= 4 is 0 Å². The first kappa shape index (κ1) is 7.03. The summed E-state index contributed by atoms with van der Waals surface area (Å²) in [5.74, 6) is 0. The van der Waals surface area contributed by atoms with E-state index in [0.29, 0.717) is 12.1 Å². The van der Waals surface area contributed by atoms with Gasteiger partial charge in [0.15, 0.2) is 0 Å². The Morgan fingerprint density at radius 3 is 2.11 bits per heavy atom. The molecule has 0 aromatic rings. The molecule has 0 spiro atoms. The molecule has 1 heterocycles. The first-order valence-corrected chi connectivity index (χ1v) is 3.51. The van der Waals surface area contributed by atoms with Crippen molar-refractivity contribution < 1.29 is 4.74 Å². The number of hydrogen-bond donors (Lipinski definition) is 0. The maximum Gasteiger partial charge on any atom is 0.0645 e. The molecular weight excluding hydrogens is 114 g/mol. The summed E-state index contributed by atoms with van der Waals surface area (Å²) in [5.41, 5.74) is 0. The minimum atomic E-state index is 0.652. The van der Waals surface area contributed by atoms with Gasteiger partial charge in [0.2, 0.25) is 0 Å². The average molecular weight is 129 g/mol. The number of rotatable bonds is 2. The van der Waals surface area contributed by atoms with Crippen LogP contribution in [0, 0.1) is 0 Å². The molecule has 0 radical (unpaired) electrons. The van der Waals surface area contributed by atoms with Crippen molar-refractivity contribution in [2.24, 2.45) is 0 Å². The fourth-order valence-corrected chi connectivity index (χ4v) is 0.880. The third-order valence-electron chi connectivity index (χ3n) is 2.01. The standard InChI is InChI=1S/C7H15NO/c1-6(2)8(3)7-4-9-5-7/h6-7H,4-5H2,1-3H3. The summed E-state index contributed by atoms with van der Waals surface area (Å²) in [4.78, 5) is 2.35. The van der Waals surface area contributed by atoms with E-state index < -0.39 is 0 Å². The summed E-state index contributed by atoms with van der Waals surface area (Å²) in [5, 5.41) is 0. The van der Waals surface area contributed by atoms with Crippen LogP contribution in [0.25, 0.3) is 0 Å². The number of likely N-dealkylation sites (N-methyl/N-ethyl adjacent to an activating group) is 1. The molecule has 0 N–H and O–H groups in total. The van der Waals surface area contributed by atoms with Crippen LogP contribution in [0.1, 0.15) is 13.8 Å². The molecule has 2 nitrogen and oxygen atoms in total. The lowest BCUT2D eigenvalue weighted by molar-refractivity contribution is -0.0650. The van der Waals surface area contributed by atoms with Gasteiger partial charge in [-0.05, 0) is 20.9 Å². The van der Waals surface area contributed by atoms with Crippen LogP contribution in [0.2, 0.25) is 0 Å². The van der Waals surface area contributed by atoms with Crippen molar-refractivity contribution in [3.63, 3.8) is 0 Å². The van der Waals surface area contributed by atoms with Gasteiger partial charge in [-0.3, -0.25) is 4.90 Å². The predicted molar refractivity (Wildman–Crippen MR) is 37.5 cm³/mol. The van der Waals surface area contributed by atoms with Crippen molar-refractivity contribution in [2.45, 2.75) is 25.9 Å². The van der Waals surface area contributed by atoms with E-state index in [-0.39, 0.29) is 0 Å². The minimum Gasteiger partial charge on any atom is -0.378 e. The SMILES string of the molecule is CC(C)N(C)C1COC1. The van der Waals surface area contributed by atoms with Crippen molar-refractivity contribution in [2.75, 3.05) is 20.3 Å². The predicted octanol–water partition coefficient (Wildman–Crippen LogP) is 0.725. The first-order valence-electron chi connectivity index (χ1n) is 3.51. The topological polar surface area (TPSA) is 12.5 Å². The largest absolute Gasteiger partial charge is 0.378 e. The minimum absolute atomic E-state index is 0.652. The molecule has 0 aromatic heterocycles. The summed E-state index contributed by atoms with van der Waals surface area (Å²) < 4.78 is 5.06. The second-order valence-corrected chi connectivity index (χ2v) is 2.95. The second-order valence-electron chi connectivity index (χ2n) is 2.95. The van der Waals surface area contributed by atoms with Crippen LogP contribution in [0.4, 0.5) is 0 Å². The normalized spacial score (nSPS) is 21.0. The Bertz CT molecular complexity index is 88.9. The molecule has 2 heteroatoms. The van der Waals surface area contributed by atoms with Crippen LogP contribution in [-0.2, 0) is 4.74 Å². The van der Waals surface area contributed by atoms with Crippen LogP contribution in [-0.4, -0.2) is 37.2 Å². The van der Waals surface area contributed by atoms with Crippen molar-refractivity contribution in [3.8, 4) is 0 Å². The number of hydrogen-bond acceptors (Lipinski definition) is 2. The molecule has 1 saturated heterocycles. The van der Waals surface area contributed by atoms with Gasteiger partial charge in [-0.25, -0.2) is 0 Å². The van der Waals surface area contributed by atoms with E-state index >= 15 is 0 Å². The zero-order valence-corrected chi connectivity index (χ0v) is 6.42. The number of ether oxygens (including phenoxy) is 1. The van der Waals surface area contributed by atoms with Crippen LogP contribution in [0.3, 0.4) is 0 Å². The van der Waals surface area contributed by atoms with E-state index in [2.05, 4.69) is 25.8 Å². The van der Waals surface area contributed by atoms with Crippen LogP contribution in [0.15, 0.2) is 0 Å². The highest BCUT2D eigenvalue weighted by atomic mass is 16.5. The highest BCUT2D eigenvalue weighted by Crippen LogP contribution is 2.10. The van der Waals surface area contributed by atoms with Crippen LogP contribution in [0.5, 0.6) is 0 Å². The lowest BCUT2D eigenvalue weighted by Crippen LogP contribution is -2.49. The summed E-state index contributed by atoms with van der Waals surface area (Å²) in [7, 11) is 2.15. The molecule has 54 valence electrons. The molecule has 0 amide bonds. The van der Waals surface area contributed by atoms with Gasteiger partial charge in [-0.2, -0.15) is 0 Å². The molecule has 9 heavy (non-hydrogen) atoms. The molecule has 0 atom stereocenters. The Morgan fingerprint density at radius 1 is 1.44 bits per heavy atom. The maximum atomic E-state index is 5.06. The van der Waals surface area contributed by atoms with E-state index in [1.54, 1.807) is 0 Å². The number of nitrogens with zero attached hydrogens (tertiary/aromatic N) is 1. The molecule has 0 aromatic carbocycles. The van der Waals surface area contributed by atoms with Gasteiger partial charge in [0.25, 0.3) is 0 Å². The zero-order chi connectivity index (χ0) is 6.85. The zero-order valence-electron chi connectivity index (χ0n) is 6.42. The van der Waals surface area contributed by atoms with E-state index in [9.17, 15) is 0 Å². The molecule has 0 aliphatic carbocycles. The smallest absolute Gasteiger partial charge is 0.0645 e. The lowest BCUT2D eigenvalue weighted by atomic mass is 10.2. The Kier molecular flexibility index (Phi) is 2.09. The highest BCUT2D eigenvalue weighted by Gasteiger charge is 2.24. The van der Waals surface area contributed by atoms with Crippen molar-refractivity contribution in [1.82, 2.24) is 4.90 Å². The fourth-order valence-electron chi connectivity index (χ4n) is 0.880. The molecule has 1 rings (SSSR count). The third kappa shape index (κ3) is 1.43. The third-order valence-corrected chi connectivity index (χ3v) is 2.01. The van der Waals surface area contributed by atoms with Crippen molar-refractivity contribution in [1.29, 1.82) is 0 Å². The van der Waals surface area contributed by atoms with Gasteiger partial charge < -0.3 is 4.74 Å². The van der Waals surface area contributed by atoms with E-state index in [4.69, 9.17) is 4.74 Å². The quantitative estimate of drug-likeness (QED) is 0.545.